The fourth-order valence-electron chi connectivity index (χ4n) is 1.23. The zero-order valence-corrected chi connectivity index (χ0v) is 6.66. The summed E-state index contributed by atoms with van der Waals surface area (Å²) in [5, 5.41) is 9.94. The first-order chi connectivity index (χ1) is 5.68. The highest BCUT2D eigenvalue weighted by molar-refractivity contribution is 5.91. The quantitative estimate of drug-likeness (QED) is 0.624. The molecule has 1 aromatic carbocycles. The maximum atomic E-state index is 9.17. The zero-order chi connectivity index (χ0) is 8.72. The van der Waals surface area contributed by atoms with Crippen LogP contribution in [0.3, 0.4) is 0 Å². The molecule has 3 N–H and O–H groups in total. The summed E-state index contributed by atoms with van der Waals surface area (Å²) in [5.74, 6) is 0.894. The molecule has 62 valence electrons. The normalized spacial score (nSPS) is 10.8. The predicted octanol–water partition coefficient (Wildman–Crippen LogP) is 2.03. The van der Waals surface area contributed by atoms with E-state index in [4.69, 9.17) is 15.3 Å². The van der Waals surface area contributed by atoms with Crippen LogP contribution in [0.15, 0.2) is 22.6 Å². The molecule has 0 spiro atoms. The van der Waals surface area contributed by atoms with Crippen LogP contribution in [0.25, 0.3) is 11.0 Å². The van der Waals surface area contributed by atoms with Gasteiger partial charge in [0.15, 0.2) is 0 Å². The first-order valence-corrected chi connectivity index (χ1v) is 3.66. The monoisotopic (exact) mass is 163 g/mol. The van der Waals surface area contributed by atoms with Gasteiger partial charge in [-0.25, -0.2) is 0 Å². The number of benzene rings is 1. The molecule has 12 heavy (non-hydrogen) atoms. The van der Waals surface area contributed by atoms with Crippen molar-refractivity contribution >= 4 is 16.7 Å². The van der Waals surface area contributed by atoms with Gasteiger partial charge < -0.3 is 15.3 Å². The van der Waals surface area contributed by atoms with Crippen molar-refractivity contribution < 1.29 is 9.52 Å². The van der Waals surface area contributed by atoms with Crippen molar-refractivity contribution in [3.63, 3.8) is 0 Å². The Hall–Kier alpha value is -1.64. The average Bonchev–Trinajstić information content (AvgIpc) is 2.31. The fraction of sp³-hybridized carbons (Fsp3) is 0.111. The third kappa shape index (κ3) is 0.830. The van der Waals surface area contributed by atoms with Crippen molar-refractivity contribution in [2.75, 3.05) is 5.73 Å². The van der Waals surface area contributed by atoms with Crippen LogP contribution in [-0.4, -0.2) is 5.11 Å². The van der Waals surface area contributed by atoms with Crippen molar-refractivity contribution in [1.29, 1.82) is 0 Å². The minimum absolute atomic E-state index is 0.204. The number of hydrogen-bond acceptors (Lipinski definition) is 3. The van der Waals surface area contributed by atoms with E-state index in [1.54, 1.807) is 25.1 Å². The van der Waals surface area contributed by atoms with E-state index < -0.39 is 0 Å². The molecule has 1 heterocycles. The van der Waals surface area contributed by atoms with E-state index >= 15 is 0 Å². The highest BCUT2D eigenvalue weighted by atomic mass is 16.3. The number of furan rings is 1. The van der Waals surface area contributed by atoms with Crippen LogP contribution in [0.4, 0.5) is 5.69 Å². The van der Waals surface area contributed by atoms with Gasteiger partial charge in [0.05, 0.1) is 5.69 Å². The highest BCUT2D eigenvalue weighted by Crippen LogP contribution is 2.29. The Morgan fingerprint density at radius 3 is 2.92 bits per heavy atom. The molecule has 3 heteroatoms. The van der Waals surface area contributed by atoms with Crippen LogP contribution < -0.4 is 5.73 Å². The second-order valence-electron chi connectivity index (χ2n) is 2.75. The van der Waals surface area contributed by atoms with Gasteiger partial charge in [0.2, 0.25) is 0 Å². The first kappa shape index (κ1) is 7.03. The van der Waals surface area contributed by atoms with Crippen molar-refractivity contribution in [1.82, 2.24) is 0 Å². The van der Waals surface area contributed by atoms with Gasteiger partial charge in [0, 0.05) is 5.39 Å². The number of rotatable bonds is 0. The van der Waals surface area contributed by atoms with Gasteiger partial charge in [0.25, 0.3) is 0 Å². The summed E-state index contributed by atoms with van der Waals surface area (Å²) in [5.41, 5.74) is 7.01. The predicted molar refractivity (Wildman–Crippen MR) is 47.0 cm³/mol. The first-order valence-electron chi connectivity index (χ1n) is 3.66. The molecular formula is C9H9NO2. The van der Waals surface area contributed by atoms with E-state index in [-0.39, 0.29) is 5.75 Å². The lowest BCUT2D eigenvalue weighted by molar-refractivity contribution is 0.475. The summed E-state index contributed by atoms with van der Waals surface area (Å²) in [6.45, 7) is 1.80. The number of fused-ring (bicyclic) bond motifs is 1. The van der Waals surface area contributed by atoms with E-state index in [1.165, 1.54) is 0 Å². The van der Waals surface area contributed by atoms with E-state index in [2.05, 4.69) is 0 Å². The van der Waals surface area contributed by atoms with Crippen molar-refractivity contribution in [2.24, 2.45) is 0 Å². The Kier molecular flexibility index (Phi) is 1.27. The Bertz CT molecular complexity index is 431. The summed E-state index contributed by atoms with van der Waals surface area (Å²) < 4.78 is 5.32. The van der Waals surface area contributed by atoms with Gasteiger partial charge >= 0.3 is 0 Å². The Morgan fingerprint density at radius 1 is 1.42 bits per heavy atom. The van der Waals surface area contributed by atoms with E-state index in [0.717, 1.165) is 5.39 Å². The average molecular weight is 163 g/mol. The van der Waals surface area contributed by atoms with E-state index in [0.29, 0.717) is 17.0 Å². The number of anilines is 1. The molecule has 0 saturated carbocycles. The van der Waals surface area contributed by atoms with Gasteiger partial charge in [-0.3, -0.25) is 0 Å². The van der Waals surface area contributed by atoms with Gasteiger partial charge in [-0.05, 0) is 25.1 Å². The third-order valence-electron chi connectivity index (χ3n) is 1.90. The summed E-state index contributed by atoms with van der Waals surface area (Å²) in [4.78, 5) is 0. The van der Waals surface area contributed by atoms with Crippen LogP contribution in [-0.2, 0) is 0 Å². The number of nitrogens with two attached hydrogens (primary N) is 1. The second-order valence-corrected chi connectivity index (χ2v) is 2.75. The molecule has 2 rings (SSSR count). The maximum absolute atomic E-state index is 9.17. The molecule has 0 saturated heterocycles. The summed E-state index contributed by atoms with van der Waals surface area (Å²) >= 11 is 0. The summed E-state index contributed by atoms with van der Waals surface area (Å²) in [6, 6.07) is 4.87. The van der Waals surface area contributed by atoms with Crippen LogP contribution >= 0.6 is 0 Å². The molecule has 0 aliphatic rings. The smallest absolute Gasteiger partial charge is 0.136 e. The summed E-state index contributed by atoms with van der Waals surface area (Å²) in [6.07, 6.45) is 0. The molecule has 0 radical (unpaired) electrons. The van der Waals surface area contributed by atoms with Gasteiger partial charge in [-0.1, -0.05) is 0 Å². The molecule has 0 unspecified atom stereocenters. The molecule has 0 amide bonds. The highest BCUT2D eigenvalue weighted by Gasteiger charge is 2.06. The van der Waals surface area contributed by atoms with Gasteiger partial charge in [-0.15, -0.1) is 0 Å². The lowest BCUT2D eigenvalue weighted by Crippen LogP contribution is -1.83. The largest absolute Gasteiger partial charge is 0.508 e. The molecule has 1 aromatic heterocycles. The fourth-order valence-corrected chi connectivity index (χ4v) is 1.23. The van der Waals surface area contributed by atoms with Crippen molar-refractivity contribution in [3.8, 4) is 5.75 Å². The number of nitrogen functional groups attached to an aromatic ring is 1. The Morgan fingerprint density at radius 2 is 2.17 bits per heavy atom. The summed E-state index contributed by atoms with van der Waals surface area (Å²) in [7, 11) is 0. The molecule has 0 aliphatic heterocycles. The molecule has 0 bridgehead atoms. The standard InChI is InChI=1S/C9H9NO2/c1-5-9(10)7-4-6(11)2-3-8(7)12-5/h2-4,11H,10H2,1H3. The number of aromatic hydroxyl groups is 1. The Balaban J connectivity index is 2.88. The second kappa shape index (κ2) is 2.17. The number of phenolic OH excluding ortho intramolecular Hbond substituents is 1. The van der Waals surface area contributed by atoms with E-state index in [9.17, 15) is 0 Å². The Labute approximate surface area is 69.4 Å². The SMILES string of the molecule is Cc1oc2ccc(O)cc2c1N. The molecule has 2 aromatic rings. The number of aryl methyl sites for hydroxylation is 1. The topological polar surface area (TPSA) is 59.4 Å². The molecule has 0 atom stereocenters. The van der Waals surface area contributed by atoms with Gasteiger partial charge in [0.1, 0.15) is 17.1 Å². The lowest BCUT2D eigenvalue weighted by Gasteiger charge is -1.90. The molecular weight excluding hydrogens is 154 g/mol. The minimum atomic E-state index is 0.204. The minimum Gasteiger partial charge on any atom is -0.508 e. The van der Waals surface area contributed by atoms with Crippen molar-refractivity contribution in [3.05, 3.63) is 24.0 Å². The number of hydrogen-bond donors (Lipinski definition) is 2. The van der Waals surface area contributed by atoms with Crippen LogP contribution in [0.5, 0.6) is 5.75 Å². The van der Waals surface area contributed by atoms with Crippen LogP contribution in [0, 0.1) is 6.92 Å². The zero-order valence-electron chi connectivity index (χ0n) is 6.66. The molecule has 3 nitrogen and oxygen atoms in total. The van der Waals surface area contributed by atoms with Crippen molar-refractivity contribution in [2.45, 2.75) is 6.92 Å². The van der Waals surface area contributed by atoms with Gasteiger partial charge in [-0.2, -0.15) is 0 Å². The molecule has 0 fully saturated rings. The van der Waals surface area contributed by atoms with Crippen LogP contribution in [0.2, 0.25) is 0 Å². The number of phenols is 1. The lowest BCUT2D eigenvalue weighted by atomic mass is 10.2. The maximum Gasteiger partial charge on any atom is 0.136 e. The third-order valence-corrected chi connectivity index (χ3v) is 1.90. The van der Waals surface area contributed by atoms with E-state index in [1.807, 2.05) is 0 Å². The molecule has 0 aliphatic carbocycles. The van der Waals surface area contributed by atoms with Crippen LogP contribution in [0.1, 0.15) is 5.76 Å².